The van der Waals surface area contributed by atoms with E-state index < -0.39 is 10.0 Å². The Morgan fingerprint density at radius 2 is 1.48 bits per heavy atom. The predicted molar refractivity (Wildman–Crippen MR) is 121 cm³/mol. The summed E-state index contributed by atoms with van der Waals surface area (Å²) in [5.41, 5.74) is 3.78. The third-order valence-electron chi connectivity index (χ3n) is 4.35. The van der Waals surface area contributed by atoms with E-state index in [4.69, 9.17) is 9.72 Å². The number of rotatable bonds is 5. The molecular formula is C21H20ClN3O3S. The molecule has 0 aliphatic carbocycles. The van der Waals surface area contributed by atoms with Gasteiger partial charge < -0.3 is 10.1 Å². The Hall–Kier alpha value is -3.03. The van der Waals surface area contributed by atoms with Gasteiger partial charge in [0.25, 0.3) is 0 Å². The molecule has 0 saturated heterocycles. The van der Waals surface area contributed by atoms with Gasteiger partial charge in [0.2, 0.25) is 10.0 Å². The molecule has 4 rings (SSSR count). The van der Waals surface area contributed by atoms with Crippen LogP contribution in [0.3, 0.4) is 0 Å². The Bertz CT molecular complexity index is 1240. The lowest BCUT2D eigenvalue weighted by Crippen LogP contribution is -2.10. The van der Waals surface area contributed by atoms with Gasteiger partial charge in [-0.15, -0.1) is 12.4 Å². The number of nitrogens with zero attached hydrogens (tertiary/aromatic N) is 1. The van der Waals surface area contributed by atoms with E-state index in [9.17, 15) is 8.42 Å². The van der Waals surface area contributed by atoms with Crippen LogP contribution >= 0.6 is 12.4 Å². The summed E-state index contributed by atoms with van der Waals surface area (Å²) in [7, 11) is -1.94. The van der Waals surface area contributed by atoms with Crippen molar-refractivity contribution in [3.63, 3.8) is 0 Å². The van der Waals surface area contributed by atoms with Gasteiger partial charge in [0.1, 0.15) is 5.75 Å². The van der Waals surface area contributed by atoms with Crippen molar-refractivity contribution >= 4 is 61.3 Å². The Labute approximate surface area is 175 Å². The minimum atomic E-state index is -3.44. The van der Waals surface area contributed by atoms with E-state index in [1.165, 1.54) is 7.11 Å². The summed E-state index contributed by atoms with van der Waals surface area (Å²) < 4.78 is 31.2. The number of anilines is 3. The third kappa shape index (κ3) is 4.36. The summed E-state index contributed by atoms with van der Waals surface area (Å²) in [5.74, 6) is 0.445. The van der Waals surface area contributed by atoms with Gasteiger partial charge in [0.15, 0.2) is 0 Å². The van der Waals surface area contributed by atoms with Crippen molar-refractivity contribution < 1.29 is 13.2 Å². The molecular weight excluding hydrogens is 410 g/mol. The maximum absolute atomic E-state index is 11.7. The highest BCUT2D eigenvalue weighted by Gasteiger charge is 2.12. The third-order valence-corrected chi connectivity index (χ3v) is 4.94. The standard InChI is InChI=1S/C21H19N3O3S.ClH/c1-27-20-12-11-14(13-19(20)24-28(2,25)26)22-21-15-7-3-5-9-17(15)23-18-10-6-4-8-16(18)21;/h3-13,24H,1-2H3,(H,22,23);1H. The molecule has 0 unspecified atom stereocenters. The average molecular weight is 430 g/mol. The molecule has 3 aromatic carbocycles. The van der Waals surface area contributed by atoms with Crippen LogP contribution in [0.15, 0.2) is 66.7 Å². The monoisotopic (exact) mass is 429 g/mol. The quantitative estimate of drug-likeness (QED) is 0.439. The summed E-state index contributed by atoms with van der Waals surface area (Å²) in [6.07, 6.45) is 1.11. The molecule has 8 heteroatoms. The van der Waals surface area contributed by atoms with E-state index in [0.29, 0.717) is 11.4 Å². The van der Waals surface area contributed by atoms with Gasteiger partial charge in [0, 0.05) is 16.5 Å². The summed E-state index contributed by atoms with van der Waals surface area (Å²) >= 11 is 0. The van der Waals surface area contributed by atoms with Crippen LogP contribution in [0.25, 0.3) is 21.8 Å². The van der Waals surface area contributed by atoms with E-state index >= 15 is 0 Å². The van der Waals surface area contributed by atoms with Gasteiger partial charge in [-0.3, -0.25) is 4.72 Å². The minimum Gasteiger partial charge on any atom is -0.495 e. The van der Waals surface area contributed by atoms with Crippen LogP contribution in [0.5, 0.6) is 5.75 Å². The topological polar surface area (TPSA) is 80.3 Å². The number of aromatic nitrogens is 1. The molecule has 0 atom stereocenters. The number of hydrogen-bond acceptors (Lipinski definition) is 5. The first-order chi connectivity index (χ1) is 13.4. The second kappa shape index (κ2) is 8.14. The van der Waals surface area contributed by atoms with Gasteiger partial charge in [-0.2, -0.15) is 0 Å². The number of sulfonamides is 1. The fraction of sp³-hybridized carbons (Fsp3) is 0.0952. The van der Waals surface area contributed by atoms with Crippen LogP contribution in [-0.2, 0) is 10.0 Å². The Morgan fingerprint density at radius 1 is 0.897 bits per heavy atom. The maximum atomic E-state index is 11.7. The number of fused-ring (bicyclic) bond motifs is 2. The number of methoxy groups -OCH3 is 1. The lowest BCUT2D eigenvalue weighted by molar-refractivity contribution is 0.417. The van der Waals surface area contributed by atoms with Crippen LogP contribution in [-0.4, -0.2) is 26.8 Å². The molecule has 0 fully saturated rings. The number of benzene rings is 3. The Morgan fingerprint density at radius 3 is 2.03 bits per heavy atom. The van der Waals surface area contributed by atoms with Crippen molar-refractivity contribution in [1.29, 1.82) is 0 Å². The van der Waals surface area contributed by atoms with Crippen molar-refractivity contribution in [2.24, 2.45) is 0 Å². The van der Waals surface area contributed by atoms with Crippen LogP contribution < -0.4 is 14.8 Å². The molecule has 4 aromatic rings. The first kappa shape index (κ1) is 20.7. The summed E-state index contributed by atoms with van der Waals surface area (Å²) in [6, 6.07) is 21.1. The first-order valence-corrected chi connectivity index (χ1v) is 10.5. The molecule has 0 amide bonds. The first-order valence-electron chi connectivity index (χ1n) is 8.65. The highest BCUT2D eigenvalue weighted by atomic mass is 35.5. The zero-order valence-electron chi connectivity index (χ0n) is 15.8. The SMILES string of the molecule is COc1ccc(Nc2c3ccccc3nc3ccccc23)cc1NS(C)(=O)=O.Cl. The number of para-hydroxylation sites is 2. The molecule has 0 saturated carbocycles. The molecule has 0 bridgehead atoms. The molecule has 150 valence electrons. The van der Waals surface area contributed by atoms with E-state index in [-0.39, 0.29) is 12.4 Å². The van der Waals surface area contributed by atoms with Gasteiger partial charge in [-0.05, 0) is 30.3 Å². The number of halogens is 1. The fourth-order valence-electron chi connectivity index (χ4n) is 3.18. The molecule has 2 N–H and O–H groups in total. The van der Waals surface area contributed by atoms with E-state index in [0.717, 1.165) is 39.4 Å². The lowest BCUT2D eigenvalue weighted by Gasteiger charge is -2.16. The molecule has 1 aromatic heterocycles. The van der Waals surface area contributed by atoms with Crippen LogP contribution in [0.1, 0.15) is 0 Å². The highest BCUT2D eigenvalue weighted by molar-refractivity contribution is 7.92. The summed E-state index contributed by atoms with van der Waals surface area (Å²) in [4.78, 5) is 4.72. The smallest absolute Gasteiger partial charge is 0.229 e. The second-order valence-electron chi connectivity index (χ2n) is 6.44. The summed E-state index contributed by atoms with van der Waals surface area (Å²) in [5, 5.41) is 5.40. The van der Waals surface area contributed by atoms with Crippen LogP contribution in [0, 0.1) is 0 Å². The number of ether oxygens (including phenoxy) is 1. The van der Waals surface area contributed by atoms with E-state index in [2.05, 4.69) is 10.0 Å². The zero-order chi connectivity index (χ0) is 19.7. The van der Waals surface area contributed by atoms with E-state index in [1.807, 2.05) is 54.6 Å². The number of hydrogen-bond donors (Lipinski definition) is 2. The normalized spacial score (nSPS) is 11.1. The maximum Gasteiger partial charge on any atom is 0.229 e. The Balaban J connectivity index is 0.00000240. The highest BCUT2D eigenvalue weighted by Crippen LogP contribution is 2.35. The molecule has 0 spiro atoms. The molecule has 0 aliphatic rings. The van der Waals surface area contributed by atoms with E-state index in [1.54, 1.807) is 12.1 Å². The van der Waals surface area contributed by atoms with Crippen molar-refractivity contribution in [2.75, 3.05) is 23.4 Å². The van der Waals surface area contributed by atoms with Crippen molar-refractivity contribution in [3.05, 3.63) is 66.7 Å². The number of nitrogens with one attached hydrogen (secondary N) is 2. The lowest BCUT2D eigenvalue weighted by atomic mass is 10.1. The largest absolute Gasteiger partial charge is 0.495 e. The van der Waals surface area contributed by atoms with Crippen molar-refractivity contribution in [3.8, 4) is 5.75 Å². The minimum absolute atomic E-state index is 0. The van der Waals surface area contributed by atoms with Gasteiger partial charge in [0.05, 0.1) is 35.8 Å². The molecule has 0 radical (unpaired) electrons. The second-order valence-corrected chi connectivity index (χ2v) is 8.18. The fourth-order valence-corrected chi connectivity index (χ4v) is 3.74. The Kier molecular flexibility index (Phi) is 5.81. The molecule has 0 aliphatic heterocycles. The predicted octanol–water partition coefficient (Wildman–Crippen LogP) is 4.93. The molecule has 1 heterocycles. The number of pyridine rings is 1. The van der Waals surface area contributed by atoms with Gasteiger partial charge in [-0.25, -0.2) is 13.4 Å². The molecule has 29 heavy (non-hydrogen) atoms. The van der Waals surface area contributed by atoms with Gasteiger partial charge in [-0.1, -0.05) is 36.4 Å². The van der Waals surface area contributed by atoms with Crippen LogP contribution in [0.2, 0.25) is 0 Å². The zero-order valence-corrected chi connectivity index (χ0v) is 17.5. The average Bonchev–Trinajstić information content (AvgIpc) is 2.67. The van der Waals surface area contributed by atoms with Crippen molar-refractivity contribution in [2.45, 2.75) is 0 Å². The van der Waals surface area contributed by atoms with Gasteiger partial charge >= 0.3 is 0 Å². The van der Waals surface area contributed by atoms with Crippen molar-refractivity contribution in [1.82, 2.24) is 4.98 Å². The molecule has 6 nitrogen and oxygen atoms in total. The summed E-state index contributed by atoms with van der Waals surface area (Å²) in [6.45, 7) is 0. The van der Waals surface area contributed by atoms with Crippen LogP contribution in [0.4, 0.5) is 17.1 Å².